The molecule has 1 aromatic carbocycles. The summed E-state index contributed by atoms with van der Waals surface area (Å²) in [5.41, 5.74) is 8.50. The summed E-state index contributed by atoms with van der Waals surface area (Å²) in [6.07, 6.45) is 2.91. The number of allylic oxidation sites excluding steroid dienone is 1. The number of hydrogen-bond acceptors (Lipinski definition) is 6. The Bertz CT molecular complexity index is 944. The monoisotopic (exact) mass is 502 g/mol. The number of rotatable bonds is 3. The predicted octanol–water partition coefficient (Wildman–Crippen LogP) is 4.37. The lowest BCUT2D eigenvalue weighted by Gasteiger charge is -2.30. The third kappa shape index (κ3) is 8.76. The summed E-state index contributed by atoms with van der Waals surface area (Å²) in [5.74, 6) is -0.224. The Labute approximate surface area is 214 Å². The van der Waals surface area contributed by atoms with E-state index in [1.54, 1.807) is 21.1 Å². The second kappa shape index (κ2) is 14.2. The van der Waals surface area contributed by atoms with Gasteiger partial charge in [0.1, 0.15) is 0 Å². The van der Waals surface area contributed by atoms with Crippen LogP contribution in [0.3, 0.4) is 0 Å². The van der Waals surface area contributed by atoms with Crippen LogP contribution in [0.15, 0.2) is 47.6 Å². The van der Waals surface area contributed by atoms with Gasteiger partial charge in [-0.1, -0.05) is 38.1 Å². The molecule has 1 aliphatic heterocycles. The van der Waals surface area contributed by atoms with Gasteiger partial charge in [0.2, 0.25) is 0 Å². The molecule has 0 radical (unpaired) electrons. The van der Waals surface area contributed by atoms with Crippen LogP contribution in [0.5, 0.6) is 0 Å². The van der Waals surface area contributed by atoms with Crippen LogP contribution in [0, 0.1) is 11.8 Å². The van der Waals surface area contributed by atoms with Gasteiger partial charge in [-0.2, -0.15) is 0 Å². The Balaban J connectivity index is 2.43. The fraction of sp³-hybridized carbons (Fsp3) is 0.571. The average molecular weight is 503 g/mol. The maximum absolute atomic E-state index is 12.7. The van der Waals surface area contributed by atoms with Crippen molar-refractivity contribution in [3.63, 3.8) is 0 Å². The normalized spacial score (nSPS) is 29.0. The number of carbonyl (C=O) groups excluding carboxylic acids is 2. The van der Waals surface area contributed by atoms with Crippen molar-refractivity contribution < 1.29 is 28.9 Å². The molecule has 0 fully saturated rings. The van der Waals surface area contributed by atoms with Gasteiger partial charge in [0.05, 0.1) is 18.3 Å². The van der Waals surface area contributed by atoms with Gasteiger partial charge in [-0.3, -0.25) is 4.79 Å². The second-order valence-corrected chi connectivity index (χ2v) is 9.83. The molecular weight excluding hydrogens is 460 g/mol. The zero-order valence-electron chi connectivity index (χ0n) is 22.3. The Kier molecular flexibility index (Phi) is 11.6. The van der Waals surface area contributed by atoms with E-state index in [1.807, 2.05) is 50.3 Å². The Morgan fingerprint density at radius 2 is 1.83 bits per heavy atom. The number of nitrogens with one attached hydrogen (secondary N) is 1. The number of benzene rings is 1. The minimum absolute atomic E-state index is 0.176. The summed E-state index contributed by atoms with van der Waals surface area (Å²) in [4.78, 5) is 24.4. The lowest BCUT2D eigenvalue weighted by atomic mass is 9.88. The van der Waals surface area contributed by atoms with E-state index in [0.717, 1.165) is 23.2 Å². The first kappa shape index (κ1) is 29.5. The number of aliphatic hydroxyl groups is 1. The standard InChI is InChI=1S/C28H42N2O6/c1-17-13-21-10-8-11-22(16-21)30-27(32)18(2)9-7-12-23(34-5)26(36-28(29)33)20(4)15-19(3)25(31)24(14-17)35-6/h8-11,15-17,19,23-26,31H,7,12-14H2,1-6H3,(H2,29,33)(H,30,32)/t17-,19+,23+,24+,25-,26+/m1/s1. The molecule has 2 rings (SSSR count). The van der Waals surface area contributed by atoms with Gasteiger partial charge in [-0.05, 0) is 68.7 Å². The predicted molar refractivity (Wildman–Crippen MR) is 141 cm³/mol. The molecular formula is C28H42N2O6. The van der Waals surface area contributed by atoms with E-state index in [0.29, 0.717) is 24.8 Å². The van der Waals surface area contributed by atoms with Gasteiger partial charge in [-0.25, -0.2) is 4.79 Å². The molecule has 2 bridgehead atoms. The van der Waals surface area contributed by atoms with Crippen LogP contribution in [0.1, 0.15) is 52.5 Å². The molecule has 1 aliphatic rings. The van der Waals surface area contributed by atoms with Gasteiger partial charge in [0, 0.05) is 31.4 Å². The minimum atomic E-state index is -0.905. The molecule has 36 heavy (non-hydrogen) atoms. The second-order valence-electron chi connectivity index (χ2n) is 9.83. The van der Waals surface area contributed by atoms with E-state index >= 15 is 0 Å². The largest absolute Gasteiger partial charge is 0.439 e. The van der Waals surface area contributed by atoms with Crippen LogP contribution in [-0.4, -0.2) is 55.7 Å². The van der Waals surface area contributed by atoms with Gasteiger partial charge in [-0.15, -0.1) is 0 Å². The van der Waals surface area contributed by atoms with E-state index < -0.39 is 24.4 Å². The van der Waals surface area contributed by atoms with Gasteiger partial charge in [0.25, 0.3) is 5.91 Å². The molecule has 1 aromatic rings. The Morgan fingerprint density at radius 3 is 2.47 bits per heavy atom. The first-order valence-electron chi connectivity index (χ1n) is 12.5. The summed E-state index contributed by atoms with van der Waals surface area (Å²) < 4.78 is 16.8. The zero-order valence-corrected chi connectivity index (χ0v) is 22.3. The van der Waals surface area contributed by atoms with Crippen LogP contribution in [0.25, 0.3) is 0 Å². The van der Waals surface area contributed by atoms with Crippen LogP contribution in [-0.2, 0) is 25.4 Å². The molecule has 0 aromatic heterocycles. The molecule has 0 saturated carbocycles. The highest BCUT2D eigenvalue weighted by Gasteiger charge is 2.29. The molecule has 8 nitrogen and oxygen atoms in total. The highest BCUT2D eigenvalue weighted by molar-refractivity contribution is 6.03. The van der Waals surface area contributed by atoms with Crippen molar-refractivity contribution in [2.45, 2.75) is 77.8 Å². The summed E-state index contributed by atoms with van der Waals surface area (Å²) in [5, 5.41) is 14.1. The number of anilines is 1. The molecule has 6 atom stereocenters. The number of aliphatic hydroxyl groups excluding tert-OH is 1. The topological polar surface area (TPSA) is 120 Å². The Hall–Kier alpha value is -2.68. The van der Waals surface area contributed by atoms with E-state index in [1.165, 1.54) is 0 Å². The summed E-state index contributed by atoms with van der Waals surface area (Å²) in [6, 6.07) is 7.82. The molecule has 0 spiro atoms. The van der Waals surface area contributed by atoms with Crippen LogP contribution in [0.4, 0.5) is 10.5 Å². The summed E-state index contributed by atoms with van der Waals surface area (Å²) >= 11 is 0. The first-order valence-corrected chi connectivity index (χ1v) is 12.5. The molecule has 8 heteroatoms. The van der Waals surface area contributed by atoms with Crippen molar-refractivity contribution in [3.8, 4) is 0 Å². The molecule has 0 aliphatic carbocycles. The fourth-order valence-electron chi connectivity index (χ4n) is 4.75. The van der Waals surface area contributed by atoms with Crippen LogP contribution >= 0.6 is 0 Å². The van der Waals surface area contributed by atoms with Gasteiger partial charge < -0.3 is 30.4 Å². The van der Waals surface area contributed by atoms with Crippen molar-refractivity contribution in [1.29, 1.82) is 0 Å². The number of ether oxygens (including phenoxy) is 3. The van der Waals surface area contributed by atoms with Crippen molar-refractivity contribution in [2.75, 3.05) is 19.5 Å². The number of primary amides is 1. The lowest BCUT2D eigenvalue weighted by Crippen LogP contribution is -2.37. The highest BCUT2D eigenvalue weighted by Crippen LogP contribution is 2.26. The number of amides is 2. The third-order valence-corrected chi connectivity index (χ3v) is 6.74. The Morgan fingerprint density at radius 1 is 1.14 bits per heavy atom. The van der Waals surface area contributed by atoms with Crippen molar-refractivity contribution in [3.05, 3.63) is 53.1 Å². The fourth-order valence-corrected chi connectivity index (χ4v) is 4.75. The van der Waals surface area contributed by atoms with Crippen molar-refractivity contribution in [1.82, 2.24) is 0 Å². The molecule has 200 valence electrons. The third-order valence-electron chi connectivity index (χ3n) is 6.74. The maximum atomic E-state index is 12.7. The van der Waals surface area contributed by atoms with E-state index in [-0.39, 0.29) is 23.8 Å². The van der Waals surface area contributed by atoms with Gasteiger partial charge in [0.15, 0.2) is 6.10 Å². The quantitative estimate of drug-likeness (QED) is 0.528. The molecule has 2 amide bonds. The number of methoxy groups -OCH3 is 2. The van der Waals surface area contributed by atoms with Crippen LogP contribution < -0.4 is 11.1 Å². The summed E-state index contributed by atoms with van der Waals surface area (Å²) in [7, 11) is 3.15. The zero-order chi connectivity index (χ0) is 26.8. The van der Waals surface area contributed by atoms with E-state index in [2.05, 4.69) is 12.2 Å². The summed E-state index contributed by atoms with van der Waals surface area (Å²) in [6.45, 7) is 7.62. The number of carbonyl (C=O) groups is 2. The maximum Gasteiger partial charge on any atom is 0.405 e. The number of fused-ring (bicyclic) bond motifs is 2. The number of hydrogen-bond donors (Lipinski definition) is 3. The SMILES string of the molecule is CO[C@H]1C[C@H](C)Cc2cccc(c2)NC(=O)C(C)=CCC[C@H](OC)[C@@H](OC(N)=O)C(C)=C[C@H](C)[C@H]1O. The van der Waals surface area contributed by atoms with E-state index in [9.17, 15) is 14.7 Å². The van der Waals surface area contributed by atoms with Gasteiger partial charge >= 0.3 is 6.09 Å². The number of nitrogens with two attached hydrogens (primary N) is 1. The van der Waals surface area contributed by atoms with Crippen LogP contribution in [0.2, 0.25) is 0 Å². The van der Waals surface area contributed by atoms with E-state index in [4.69, 9.17) is 19.9 Å². The lowest BCUT2D eigenvalue weighted by molar-refractivity contribution is -0.112. The minimum Gasteiger partial charge on any atom is -0.439 e. The van der Waals surface area contributed by atoms with Crippen molar-refractivity contribution in [2.24, 2.45) is 17.6 Å². The molecule has 0 saturated heterocycles. The first-order chi connectivity index (χ1) is 17.0. The highest BCUT2D eigenvalue weighted by atomic mass is 16.6. The van der Waals surface area contributed by atoms with Crippen molar-refractivity contribution >= 4 is 17.7 Å². The average Bonchev–Trinajstić information content (AvgIpc) is 2.82. The smallest absolute Gasteiger partial charge is 0.405 e. The molecule has 4 N–H and O–H groups in total. The molecule has 0 unspecified atom stereocenters. The molecule has 1 heterocycles.